The molecule has 0 unspecified atom stereocenters. The van der Waals surface area contributed by atoms with Gasteiger partial charge in [-0.1, -0.05) is 0 Å². The predicted octanol–water partition coefficient (Wildman–Crippen LogP) is 1.14. The molecule has 2 rings (SSSR count). The van der Waals surface area contributed by atoms with E-state index in [0.29, 0.717) is 5.56 Å². The van der Waals surface area contributed by atoms with Crippen LogP contribution in [0.2, 0.25) is 0 Å². The summed E-state index contributed by atoms with van der Waals surface area (Å²) in [5.41, 5.74) is 0.155. The standard InChI is InChI=1S/C10H11ClN4O3S/c1-6(2)15-9(7-3-4-12-8(16)5-7)13-14-10(15)19(11,17)18/h3-6H,1-2H3,(H,12,16). The van der Waals surface area contributed by atoms with Crippen LogP contribution in [0.25, 0.3) is 11.4 Å². The Morgan fingerprint density at radius 1 is 1.37 bits per heavy atom. The summed E-state index contributed by atoms with van der Waals surface area (Å²) in [4.78, 5) is 13.8. The van der Waals surface area contributed by atoms with Gasteiger partial charge in [-0.15, -0.1) is 10.2 Å². The van der Waals surface area contributed by atoms with E-state index in [1.54, 1.807) is 19.9 Å². The molecule has 0 aliphatic rings. The minimum Gasteiger partial charge on any atom is -0.329 e. The summed E-state index contributed by atoms with van der Waals surface area (Å²) in [5, 5.41) is 7.07. The van der Waals surface area contributed by atoms with Gasteiger partial charge in [0.1, 0.15) is 0 Å². The Bertz CT molecular complexity index is 763. The lowest BCUT2D eigenvalue weighted by molar-refractivity contribution is 0.530. The van der Waals surface area contributed by atoms with Gasteiger partial charge < -0.3 is 4.98 Å². The fourth-order valence-corrected chi connectivity index (χ4v) is 2.68. The van der Waals surface area contributed by atoms with E-state index in [1.165, 1.54) is 16.8 Å². The predicted molar refractivity (Wildman–Crippen MR) is 69.5 cm³/mol. The van der Waals surface area contributed by atoms with Gasteiger partial charge in [0.05, 0.1) is 0 Å². The van der Waals surface area contributed by atoms with Gasteiger partial charge in [-0.05, 0) is 19.9 Å². The Kier molecular flexibility index (Phi) is 3.46. The van der Waals surface area contributed by atoms with Crippen molar-refractivity contribution in [2.45, 2.75) is 25.0 Å². The number of hydrogen-bond donors (Lipinski definition) is 1. The summed E-state index contributed by atoms with van der Waals surface area (Å²) in [5.74, 6) is 0.278. The van der Waals surface area contributed by atoms with Gasteiger partial charge in [-0.2, -0.15) is 0 Å². The van der Waals surface area contributed by atoms with Crippen LogP contribution in [0.1, 0.15) is 19.9 Å². The smallest absolute Gasteiger partial charge is 0.296 e. The third-order valence-electron chi connectivity index (χ3n) is 2.43. The number of aromatic amines is 1. The zero-order valence-electron chi connectivity index (χ0n) is 10.2. The first-order valence-electron chi connectivity index (χ1n) is 5.39. The van der Waals surface area contributed by atoms with E-state index >= 15 is 0 Å². The summed E-state index contributed by atoms with van der Waals surface area (Å²) in [6.45, 7) is 3.54. The van der Waals surface area contributed by atoms with E-state index in [4.69, 9.17) is 10.7 Å². The minimum absolute atomic E-state index is 0.229. The van der Waals surface area contributed by atoms with E-state index in [2.05, 4.69) is 15.2 Å². The highest BCUT2D eigenvalue weighted by molar-refractivity contribution is 8.13. The lowest BCUT2D eigenvalue weighted by atomic mass is 10.2. The van der Waals surface area contributed by atoms with Crippen LogP contribution in [0.3, 0.4) is 0 Å². The highest BCUT2D eigenvalue weighted by Gasteiger charge is 2.24. The Hall–Kier alpha value is -1.67. The van der Waals surface area contributed by atoms with E-state index in [9.17, 15) is 13.2 Å². The summed E-state index contributed by atoms with van der Waals surface area (Å²) in [6, 6.07) is 2.69. The first-order valence-corrected chi connectivity index (χ1v) is 7.70. The van der Waals surface area contributed by atoms with Crippen molar-refractivity contribution in [3.8, 4) is 11.4 Å². The lowest BCUT2D eigenvalue weighted by Gasteiger charge is -2.12. The van der Waals surface area contributed by atoms with Crippen LogP contribution in [-0.4, -0.2) is 28.2 Å². The van der Waals surface area contributed by atoms with Gasteiger partial charge in [0.25, 0.3) is 14.2 Å². The zero-order chi connectivity index (χ0) is 14.2. The molecule has 0 radical (unpaired) electrons. The molecule has 0 amide bonds. The summed E-state index contributed by atoms with van der Waals surface area (Å²) in [7, 11) is 1.32. The molecule has 1 N–H and O–H groups in total. The number of rotatable bonds is 3. The Balaban J connectivity index is 2.73. The largest absolute Gasteiger partial charge is 0.329 e. The maximum atomic E-state index is 11.4. The quantitative estimate of drug-likeness (QED) is 0.857. The average molecular weight is 303 g/mol. The molecule has 2 aromatic heterocycles. The van der Waals surface area contributed by atoms with Crippen molar-refractivity contribution in [2.75, 3.05) is 0 Å². The molecule has 2 aromatic rings. The second kappa shape index (κ2) is 4.78. The van der Waals surface area contributed by atoms with Crippen molar-refractivity contribution < 1.29 is 8.42 Å². The molecule has 0 atom stereocenters. The van der Waals surface area contributed by atoms with Crippen molar-refractivity contribution in [2.24, 2.45) is 0 Å². The number of H-pyrrole nitrogens is 1. The van der Waals surface area contributed by atoms with Crippen LogP contribution in [0.4, 0.5) is 0 Å². The number of hydrogen-bond acceptors (Lipinski definition) is 5. The van der Waals surface area contributed by atoms with Crippen molar-refractivity contribution in [1.29, 1.82) is 0 Å². The van der Waals surface area contributed by atoms with Gasteiger partial charge in [0.2, 0.25) is 5.56 Å². The SMILES string of the molecule is CC(C)n1c(-c2cc[nH]c(=O)c2)nnc1S(=O)(=O)Cl. The number of nitrogens with zero attached hydrogens (tertiary/aromatic N) is 3. The minimum atomic E-state index is -4.00. The van der Waals surface area contributed by atoms with E-state index in [0.717, 1.165) is 0 Å². The van der Waals surface area contributed by atoms with Gasteiger partial charge in [-0.25, -0.2) is 8.42 Å². The van der Waals surface area contributed by atoms with Crippen LogP contribution in [0, 0.1) is 0 Å². The van der Waals surface area contributed by atoms with Gasteiger partial charge in [0.15, 0.2) is 5.82 Å². The van der Waals surface area contributed by atoms with E-state index in [-0.39, 0.29) is 22.6 Å². The molecular weight excluding hydrogens is 292 g/mol. The zero-order valence-corrected chi connectivity index (χ0v) is 11.7. The number of pyridine rings is 1. The molecule has 19 heavy (non-hydrogen) atoms. The summed E-state index contributed by atoms with van der Waals surface area (Å²) < 4.78 is 24.3. The van der Waals surface area contributed by atoms with Gasteiger partial charge in [0, 0.05) is 34.6 Å². The third kappa shape index (κ3) is 2.69. The number of nitrogens with one attached hydrogen (secondary N) is 1. The van der Waals surface area contributed by atoms with Crippen molar-refractivity contribution >= 4 is 19.7 Å². The van der Waals surface area contributed by atoms with E-state index < -0.39 is 9.05 Å². The molecule has 0 saturated heterocycles. The van der Waals surface area contributed by atoms with Crippen LogP contribution in [0.15, 0.2) is 28.3 Å². The average Bonchev–Trinajstić information content (AvgIpc) is 2.72. The topological polar surface area (TPSA) is 97.7 Å². The molecule has 7 nitrogen and oxygen atoms in total. The molecule has 0 aliphatic heterocycles. The molecule has 2 heterocycles. The van der Waals surface area contributed by atoms with Crippen molar-refractivity contribution in [1.82, 2.24) is 19.7 Å². The highest BCUT2D eigenvalue weighted by Crippen LogP contribution is 2.25. The fraction of sp³-hybridized carbons (Fsp3) is 0.300. The normalized spacial score (nSPS) is 12.0. The monoisotopic (exact) mass is 302 g/mol. The molecule has 0 bridgehead atoms. The molecule has 0 aromatic carbocycles. The fourth-order valence-electron chi connectivity index (χ4n) is 1.69. The highest BCUT2D eigenvalue weighted by atomic mass is 35.7. The van der Waals surface area contributed by atoms with Gasteiger partial charge >= 0.3 is 0 Å². The van der Waals surface area contributed by atoms with Crippen molar-refractivity contribution in [3.63, 3.8) is 0 Å². The molecule has 0 fully saturated rings. The molecule has 9 heteroatoms. The maximum absolute atomic E-state index is 11.4. The first-order chi connectivity index (χ1) is 8.80. The van der Waals surface area contributed by atoms with E-state index in [1.807, 2.05) is 0 Å². The maximum Gasteiger partial charge on any atom is 0.296 e. The first kappa shape index (κ1) is 13.8. The summed E-state index contributed by atoms with van der Waals surface area (Å²) in [6.07, 6.45) is 1.45. The Morgan fingerprint density at radius 3 is 2.58 bits per heavy atom. The van der Waals surface area contributed by atoms with Crippen LogP contribution in [-0.2, 0) is 9.05 Å². The Labute approximate surface area is 113 Å². The van der Waals surface area contributed by atoms with Gasteiger partial charge in [-0.3, -0.25) is 9.36 Å². The number of halogens is 1. The van der Waals surface area contributed by atoms with Crippen LogP contribution < -0.4 is 5.56 Å². The van der Waals surface area contributed by atoms with Crippen LogP contribution in [0.5, 0.6) is 0 Å². The molecule has 0 aliphatic carbocycles. The molecule has 102 valence electrons. The molecular formula is C10H11ClN4O3S. The lowest BCUT2D eigenvalue weighted by Crippen LogP contribution is -2.11. The number of aromatic nitrogens is 4. The molecule has 0 saturated carbocycles. The second-order valence-corrected chi connectivity index (χ2v) is 6.61. The van der Waals surface area contributed by atoms with Crippen LogP contribution >= 0.6 is 10.7 Å². The van der Waals surface area contributed by atoms with Crippen molar-refractivity contribution in [3.05, 3.63) is 28.7 Å². The summed E-state index contributed by atoms with van der Waals surface area (Å²) >= 11 is 0. The molecule has 0 spiro atoms. The Morgan fingerprint density at radius 2 is 2.05 bits per heavy atom. The second-order valence-electron chi connectivity index (χ2n) is 4.15. The third-order valence-corrected chi connectivity index (χ3v) is 3.56.